The minimum Gasteiger partial charge on any atom is -0.337 e. The molecule has 3 aromatic rings. The summed E-state index contributed by atoms with van der Waals surface area (Å²) in [6, 6.07) is 2.60. The van der Waals surface area contributed by atoms with Crippen LogP contribution in [0.2, 0.25) is 0 Å². The van der Waals surface area contributed by atoms with Gasteiger partial charge >= 0.3 is 6.18 Å². The Balaban J connectivity index is 1.60. The molecule has 1 saturated heterocycles. The van der Waals surface area contributed by atoms with Crippen LogP contribution in [0, 0.1) is 6.92 Å². The summed E-state index contributed by atoms with van der Waals surface area (Å²) >= 11 is 0. The Morgan fingerprint density at radius 1 is 1.33 bits per heavy atom. The number of H-pyrrole nitrogens is 1. The number of rotatable bonds is 2. The van der Waals surface area contributed by atoms with Crippen LogP contribution >= 0.6 is 0 Å². The fraction of sp³-hybridized carbons (Fsp3) is 0.412. The molecular formula is C17H16F3N5O2. The Morgan fingerprint density at radius 2 is 2.07 bits per heavy atom. The highest BCUT2D eigenvalue weighted by Gasteiger charge is 2.37. The predicted molar refractivity (Wildman–Crippen MR) is 88.0 cm³/mol. The van der Waals surface area contributed by atoms with E-state index in [4.69, 9.17) is 4.52 Å². The lowest BCUT2D eigenvalue weighted by Gasteiger charge is -2.31. The SMILES string of the molecule is Cc1cc(C(F)(F)F)c2c(C3CCN(C(=O)c4ccn[nH]4)CC3)noc2n1. The summed E-state index contributed by atoms with van der Waals surface area (Å²) in [5.74, 6) is -0.410. The molecular weight excluding hydrogens is 363 g/mol. The number of likely N-dealkylation sites (tertiary alicyclic amines) is 1. The van der Waals surface area contributed by atoms with E-state index in [2.05, 4.69) is 20.3 Å². The number of aromatic nitrogens is 4. The fourth-order valence-electron chi connectivity index (χ4n) is 3.50. The van der Waals surface area contributed by atoms with Gasteiger partial charge in [0.15, 0.2) is 0 Å². The molecule has 4 heterocycles. The van der Waals surface area contributed by atoms with Gasteiger partial charge in [-0.25, -0.2) is 4.98 Å². The lowest BCUT2D eigenvalue weighted by atomic mass is 9.90. The van der Waals surface area contributed by atoms with E-state index in [1.807, 2.05) is 0 Å². The van der Waals surface area contributed by atoms with Gasteiger partial charge in [-0.1, -0.05) is 5.16 Å². The summed E-state index contributed by atoms with van der Waals surface area (Å²) in [6.45, 7) is 2.31. The minimum absolute atomic E-state index is 0.0774. The predicted octanol–water partition coefficient (Wildman–Crippen LogP) is 3.29. The lowest BCUT2D eigenvalue weighted by Crippen LogP contribution is -2.38. The quantitative estimate of drug-likeness (QED) is 0.738. The molecule has 4 rings (SSSR count). The maximum absolute atomic E-state index is 13.5. The average Bonchev–Trinajstić information content (AvgIpc) is 3.29. The highest BCUT2D eigenvalue weighted by Crippen LogP contribution is 2.40. The molecule has 0 spiro atoms. The zero-order valence-electron chi connectivity index (χ0n) is 14.4. The van der Waals surface area contributed by atoms with Crippen molar-refractivity contribution in [1.29, 1.82) is 0 Å². The lowest BCUT2D eigenvalue weighted by molar-refractivity contribution is -0.136. The number of nitrogens with zero attached hydrogens (tertiary/aromatic N) is 4. The highest BCUT2D eigenvalue weighted by atomic mass is 19.4. The molecule has 142 valence electrons. The zero-order chi connectivity index (χ0) is 19.2. The number of aromatic amines is 1. The first-order valence-electron chi connectivity index (χ1n) is 8.47. The van der Waals surface area contributed by atoms with Gasteiger partial charge in [-0.3, -0.25) is 9.89 Å². The number of fused-ring (bicyclic) bond motifs is 1. The number of halogens is 3. The first kappa shape index (κ1) is 17.5. The van der Waals surface area contributed by atoms with Crippen LogP contribution in [-0.2, 0) is 6.18 Å². The number of carbonyl (C=O) groups is 1. The topological polar surface area (TPSA) is 87.9 Å². The molecule has 0 atom stereocenters. The van der Waals surface area contributed by atoms with E-state index >= 15 is 0 Å². The Kier molecular flexibility index (Phi) is 4.12. The summed E-state index contributed by atoms with van der Waals surface area (Å²) < 4.78 is 45.6. The molecule has 27 heavy (non-hydrogen) atoms. The van der Waals surface area contributed by atoms with E-state index in [0.29, 0.717) is 31.6 Å². The molecule has 0 aromatic carbocycles. The Bertz CT molecular complexity index is 973. The van der Waals surface area contributed by atoms with E-state index in [1.165, 1.54) is 13.1 Å². The first-order chi connectivity index (χ1) is 12.8. The van der Waals surface area contributed by atoms with Crippen LogP contribution in [0.3, 0.4) is 0 Å². The third kappa shape index (κ3) is 3.15. The van der Waals surface area contributed by atoms with Gasteiger partial charge in [0.1, 0.15) is 5.69 Å². The van der Waals surface area contributed by atoms with Crippen LogP contribution < -0.4 is 0 Å². The van der Waals surface area contributed by atoms with Gasteiger partial charge in [0.05, 0.1) is 16.6 Å². The smallest absolute Gasteiger partial charge is 0.337 e. The summed E-state index contributed by atoms with van der Waals surface area (Å²) in [7, 11) is 0. The van der Waals surface area contributed by atoms with Crippen molar-refractivity contribution in [3.8, 4) is 0 Å². The molecule has 1 N–H and O–H groups in total. The van der Waals surface area contributed by atoms with E-state index in [1.54, 1.807) is 11.0 Å². The fourth-order valence-corrected chi connectivity index (χ4v) is 3.50. The second kappa shape index (κ2) is 6.36. The minimum atomic E-state index is -4.52. The normalized spacial score (nSPS) is 16.2. The number of piperidine rings is 1. The van der Waals surface area contributed by atoms with Gasteiger partial charge in [0.25, 0.3) is 11.6 Å². The molecule has 0 bridgehead atoms. The molecule has 10 heteroatoms. The average molecular weight is 379 g/mol. The largest absolute Gasteiger partial charge is 0.417 e. The monoisotopic (exact) mass is 379 g/mol. The molecule has 1 aliphatic heterocycles. The maximum Gasteiger partial charge on any atom is 0.417 e. The summed E-state index contributed by atoms with van der Waals surface area (Å²) in [6.07, 6.45) is -2.04. The molecule has 1 aliphatic rings. The summed E-state index contributed by atoms with van der Waals surface area (Å²) in [5.41, 5.74) is -0.0131. The number of hydrogen-bond donors (Lipinski definition) is 1. The van der Waals surface area contributed by atoms with E-state index in [9.17, 15) is 18.0 Å². The molecule has 0 unspecified atom stereocenters. The van der Waals surface area contributed by atoms with Crippen LogP contribution in [0.5, 0.6) is 0 Å². The molecule has 1 fully saturated rings. The van der Waals surface area contributed by atoms with Gasteiger partial charge in [-0.2, -0.15) is 18.3 Å². The van der Waals surface area contributed by atoms with Crippen molar-refractivity contribution in [1.82, 2.24) is 25.2 Å². The molecule has 7 nitrogen and oxygen atoms in total. The second-order valence-electron chi connectivity index (χ2n) is 6.59. The Morgan fingerprint density at radius 3 is 2.70 bits per heavy atom. The van der Waals surface area contributed by atoms with E-state index in [-0.39, 0.29) is 34.3 Å². The number of pyridine rings is 1. The number of nitrogens with one attached hydrogen (secondary N) is 1. The molecule has 0 aliphatic carbocycles. The molecule has 0 saturated carbocycles. The van der Waals surface area contributed by atoms with Gasteiger partial charge in [-0.15, -0.1) is 0 Å². The van der Waals surface area contributed by atoms with Crippen molar-refractivity contribution in [2.24, 2.45) is 0 Å². The van der Waals surface area contributed by atoms with Crippen molar-refractivity contribution in [3.63, 3.8) is 0 Å². The van der Waals surface area contributed by atoms with E-state index in [0.717, 1.165) is 6.07 Å². The van der Waals surface area contributed by atoms with Crippen LogP contribution in [0.1, 0.15) is 46.2 Å². The van der Waals surface area contributed by atoms with Crippen LogP contribution in [0.4, 0.5) is 13.2 Å². The van der Waals surface area contributed by atoms with Crippen LogP contribution in [0.25, 0.3) is 11.1 Å². The Hall–Kier alpha value is -2.91. The van der Waals surface area contributed by atoms with Crippen molar-refractivity contribution in [2.75, 3.05) is 13.1 Å². The number of hydrogen-bond acceptors (Lipinski definition) is 5. The summed E-state index contributed by atoms with van der Waals surface area (Å²) in [5, 5.41) is 10.2. The number of alkyl halides is 3. The van der Waals surface area contributed by atoms with Crippen molar-refractivity contribution < 1.29 is 22.5 Å². The van der Waals surface area contributed by atoms with Gasteiger partial charge in [0, 0.05) is 30.9 Å². The zero-order valence-corrected chi connectivity index (χ0v) is 14.4. The summed E-state index contributed by atoms with van der Waals surface area (Å²) in [4.78, 5) is 18.0. The van der Waals surface area contributed by atoms with Crippen molar-refractivity contribution in [2.45, 2.75) is 31.9 Å². The van der Waals surface area contributed by atoms with E-state index < -0.39 is 11.7 Å². The Labute approximate surface area is 151 Å². The number of amides is 1. The van der Waals surface area contributed by atoms with Gasteiger partial charge in [-0.05, 0) is 31.9 Å². The number of aryl methyl sites for hydroxylation is 1. The third-order valence-corrected chi connectivity index (χ3v) is 4.81. The second-order valence-corrected chi connectivity index (χ2v) is 6.59. The highest BCUT2D eigenvalue weighted by molar-refractivity contribution is 5.92. The maximum atomic E-state index is 13.5. The van der Waals surface area contributed by atoms with Gasteiger partial charge in [0.2, 0.25) is 0 Å². The molecule has 1 amide bonds. The van der Waals surface area contributed by atoms with Crippen LogP contribution in [0.15, 0.2) is 22.9 Å². The third-order valence-electron chi connectivity index (χ3n) is 4.81. The van der Waals surface area contributed by atoms with Gasteiger partial charge < -0.3 is 9.42 Å². The molecule has 0 radical (unpaired) electrons. The standard InChI is InChI=1S/C17H16F3N5O2/c1-9-8-11(17(18,19)20)13-14(24-27-15(13)22-9)10-3-6-25(7-4-10)16(26)12-2-5-21-23-12/h2,5,8,10H,3-4,6-7H2,1H3,(H,21,23). The van der Waals surface area contributed by atoms with Crippen molar-refractivity contribution >= 4 is 17.0 Å². The van der Waals surface area contributed by atoms with Crippen LogP contribution in [-0.4, -0.2) is 44.2 Å². The number of carbonyl (C=O) groups excluding carboxylic acids is 1. The first-order valence-corrected chi connectivity index (χ1v) is 8.47. The molecule has 3 aromatic heterocycles. The van der Waals surface area contributed by atoms with Crippen molar-refractivity contribution in [3.05, 3.63) is 41.0 Å².